The minimum Gasteiger partial charge on any atom is -0.303 e. The van der Waals surface area contributed by atoms with Crippen molar-refractivity contribution in [2.45, 2.75) is 43.9 Å². The summed E-state index contributed by atoms with van der Waals surface area (Å²) < 4.78 is 0. The van der Waals surface area contributed by atoms with Gasteiger partial charge in [-0.3, -0.25) is 0 Å². The zero-order valence-corrected chi connectivity index (χ0v) is 14.7. The molecule has 1 heterocycles. The van der Waals surface area contributed by atoms with Crippen molar-refractivity contribution in [1.29, 1.82) is 0 Å². The number of hydrogen-bond donors (Lipinski definition) is 0. The van der Waals surface area contributed by atoms with E-state index in [1.165, 1.54) is 63.7 Å². The fraction of sp³-hybridized carbons (Fsp3) is 0.478. The lowest BCUT2D eigenvalue weighted by Crippen LogP contribution is -2.51. The van der Waals surface area contributed by atoms with Crippen molar-refractivity contribution in [3.8, 4) is 0 Å². The molecule has 1 saturated heterocycles. The number of hydrogen-bond acceptors (Lipinski definition) is 1. The van der Waals surface area contributed by atoms with Crippen molar-refractivity contribution in [3.63, 3.8) is 0 Å². The monoisotopic (exact) mass is 319 g/mol. The molecule has 24 heavy (non-hydrogen) atoms. The molecule has 0 radical (unpaired) electrons. The fourth-order valence-electron chi connectivity index (χ4n) is 5.10. The number of benzene rings is 2. The highest BCUT2D eigenvalue weighted by Gasteiger charge is 2.45. The van der Waals surface area contributed by atoms with Crippen LogP contribution in [0.15, 0.2) is 60.7 Å². The lowest BCUT2D eigenvalue weighted by Gasteiger charge is -2.51. The summed E-state index contributed by atoms with van der Waals surface area (Å²) in [6.07, 6.45) is 8.18. The first-order chi connectivity index (χ1) is 11.9. The fourth-order valence-corrected chi connectivity index (χ4v) is 5.10. The summed E-state index contributed by atoms with van der Waals surface area (Å²) in [7, 11) is 0. The van der Waals surface area contributed by atoms with Crippen LogP contribution in [0.2, 0.25) is 0 Å². The van der Waals surface area contributed by atoms with Gasteiger partial charge in [0.1, 0.15) is 0 Å². The van der Waals surface area contributed by atoms with Gasteiger partial charge in [-0.05, 0) is 49.3 Å². The molecule has 1 heteroatoms. The molecule has 2 aromatic rings. The van der Waals surface area contributed by atoms with Crippen molar-refractivity contribution in [2.24, 2.45) is 5.92 Å². The Morgan fingerprint density at radius 3 is 2.42 bits per heavy atom. The molecule has 126 valence electrons. The summed E-state index contributed by atoms with van der Waals surface area (Å²) in [4.78, 5) is 2.73. The normalized spacial score (nSPS) is 27.6. The van der Waals surface area contributed by atoms with Gasteiger partial charge in [0.2, 0.25) is 0 Å². The molecule has 4 rings (SSSR count). The molecule has 0 N–H and O–H groups in total. The van der Waals surface area contributed by atoms with Crippen LogP contribution in [-0.4, -0.2) is 24.5 Å². The van der Waals surface area contributed by atoms with Crippen molar-refractivity contribution in [2.75, 3.05) is 19.6 Å². The topological polar surface area (TPSA) is 3.24 Å². The van der Waals surface area contributed by atoms with Crippen LogP contribution >= 0.6 is 0 Å². The number of nitrogens with zero attached hydrogens (tertiary/aromatic N) is 1. The van der Waals surface area contributed by atoms with Crippen LogP contribution in [-0.2, 0) is 11.8 Å². The average Bonchev–Trinajstić information content (AvgIpc) is 2.67. The first-order valence-electron chi connectivity index (χ1n) is 9.69. The van der Waals surface area contributed by atoms with E-state index in [-0.39, 0.29) is 0 Å². The quantitative estimate of drug-likeness (QED) is 0.761. The predicted octanol–water partition coefficient (Wildman–Crippen LogP) is 5.06. The Balaban J connectivity index is 1.45. The highest BCUT2D eigenvalue weighted by Crippen LogP contribution is 2.48. The minimum absolute atomic E-state index is 0.461. The summed E-state index contributed by atoms with van der Waals surface area (Å²) in [6, 6.07) is 22.4. The van der Waals surface area contributed by atoms with Crippen LogP contribution in [0.4, 0.5) is 0 Å². The molecule has 2 unspecified atom stereocenters. The Hall–Kier alpha value is -1.60. The van der Waals surface area contributed by atoms with Gasteiger partial charge in [-0.25, -0.2) is 0 Å². The predicted molar refractivity (Wildman–Crippen MR) is 101 cm³/mol. The molecule has 2 aromatic carbocycles. The second kappa shape index (κ2) is 7.11. The van der Waals surface area contributed by atoms with E-state index in [0.29, 0.717) is 5.41 Å². The molecule has 1 aliphatic heterocycles. The Morgan fingerprint density at radius 2 is 1.62 bits per heavy atom. The number of likely N-dealkylation sites (tertiary alicyclic amines) is 1. The molecule has 1 nitrogen and oxygen atoms in total. The molecule has 0 bridgehead atoms. The van der Waals surface area contributed by atoms with Gasteiger partial charge in [0.25, 0.3) is 0 Å². The maximum absolute atomic E-state index is 2.73. The third-order valence-corrected chi connectivity index (χ3v) is 6.47. The molecule has 0 amide bonds. The molecular weight excluding hydrogens is 290 g/mol. The lowest BCUT2D eigenvalue weighted by molar-refractivity contribution is 0.0569. The van der Waals surface area contributed by atoms with Crippen LogP contribution in [0.5, 0.6) is 0 Å². The minimum atomic E-state index is 0.461. The summed E-state index contributed by atoms with van der Waals surface area (Å²) in [6.45, 7) is 3.77. The highest BCUT2D eigenvalue weighted by atomic mass is 15.1. The van der Waals surface area contributed by atoms with Gasteiger partial charge in [0, 0.05) is 18.5 Å². The lowest BCUT2D eigenvalue weighted by atomic mass is 9.59. The standard InChI is InChI=1S/C23H29N/c1-3-9-20(10-4-1)14-17-24-18-16-23(21-11-5-2-6-12-21)15-8-7-13-22(23)19-24/h1-6,9-12,22H,7-8,13-19H2. The summed E-state index contributed by atoms with van der Waals surface area (Å²) in [5.74, 6) is 0.846. The van der Waals surface area contributed by atoms with E-state index in [1.807, 2.05) is 0 Å². The Morgan fingerprint density at radius 1 is 0.875 bits per heavy atom. The van der Waals surface area contributed by atoms with Crippen LogP contribution in [0.25, 0.3) is 0 Å². The smallest absolute Gasteiger partial charge is 0.00219 e. The first kappa shape index (κ1) is 15.9. The van der Waals surface area contributed by atoms with Crippen molar-refractivity contribution in [3.05, 3.63) is 71.8 Å². The maximum Gasteiger partial charge on any atom is 0.00219 e. The molecule has 1 aliphatic carbocycles. The highest BCUT2D eigenvalue weighted by molar-refractivity contribution is 5.28. The van der Waals surface area contributed by atoms with Crippen molar-refractivity contribution >= 4 is 0 Å². The van der Waals surface area contributed by atoms with Gasteiger partial charge in [-0.2, -0.15) is 0 Å². The van der Waals surface area contributed by atoms with E-state index < -0.39 is 0 Å². The molecule has 2 fully saturated rings. The molecule has 2 aliphatic rings. The van der Waals surface area contributed by atoms with E-state index in [0.717, 1.165) is 5.92 Å². The summed E-state index contributed by atoms with van der Waals surface area (Å²) in [5, 5.41) is 0. The van der Waals surface area contributed by atoms with Crippen LogP contribution in [0.1, 0.15) is 43.2 Å². The third-order valence-electron chi connectivity index (χ3n) is 6.47. The molecule has 2 atom stereocenters. The van der Waals surface area contributed by atoms with E-state index in [1.54, 1.807) is 5.56 Å². The zero-order chi connectivity index (χ0) is 16.2. The van der Waals surface area contributed by atoms with E-state index in [9.17, 15) is 0 Å². The van der Waals surface area contributed by atoms with Gasteiger partial charge in [-0.15, -0.1) is 0 Å². The second-order valence-corrected chi connectivity index (χ2v) is 7.75. The molecule has 0 aromatic heterocycles. The van der Waals surface area contributed by atoms with Crippen LogP contribution in [0, 0.1) is 5.92 Å². The Bertz CT molecular complexity index is 636. The number of rotatable bonds is 4. The SMILES string of the molecule is c1ccc(CCN2CCC3(c4ccccc4)CCCCC3C2)cc1. The van der Waals surface area contributed by atoms with Gasteiger partial charge < -0.3 is 4.90 Å². The number of piperidine rings is 1. The first-order valence-corrected chi connectivity index (χ1v) is 9.69. The van der Waals surface area contributed by atoms with Crippen LogP contribution < -0.4 is 0 Å². The van der Waals surface area contributed by atoms with Gasteiger partial charge in [-0.1, -0.05) is 73.5 Å². The van der Waals surface area contributed by atoms with Crippen molar-refractivity contribution in [1.82, 2.24) is 4.90 Å². The second-order valence-electron chi connectivity index (χ2n) is 7.75. The van der Waals surface area contributed by atoms with E-state index in [2.05, 4.69) is 65.6 Å². The van der Waals surface area contributed by atoms with E-state index >= 15 is 0 Å². The Kier molecular flexibility index (Phi) is 4.71. The Labute approximate surface area is 146 Å². The number of fused-ring (bicyclic) bond motifs is 1. The molecular formula is C23H29N. The van der Waals surface area contributed by atoms with Gasteiger partial charge >= 0.3 is 0 Å². The maximum atomic E-state index is 2.73. The van der Waals surface area contributed by atoms with E-state index in [4.69, 9.17) is 0 Å². The van der Waals surface area contributed by atoms with Gasteiger partial charge in [0.05, 0.1) is 0 Å². The third kappa shape index (κ3) is 3.15. The zero-order valence-electron chi connectivity index (χ0n) is 14.7. The molecule has 0 spiro atoms. The summed E-state index contributed by atoms with van der Waals surface area (Å²) >= 11 is 0. The largest absolute Gasteiger partial charge is 0.303 e. The van der Waals surface area contributed by atoms with Gasteiger partial charge in [0.15, 0.2) is 0 Å². The van der Waals surface area contributed by atoms with Crippen LogP contribution in [0.3, 0.4) is 0 Å². The summed E-state index contributed by atoms with van der Waals surface area (Å²) in [5.41, 5.74) is 3.54. The molecule has 1 saturated carbocycles. The van der Waals surface area contributed by atoms with Crippen molar-refractivity contribution < 1.29 is 0 Å². The average molecular weight is 319 g/mol.